The van der Waals surface area contributed by atoms with Crippen molar-refractivity contribution in [2.24, 2.45) is 5.41 Å². The Hall–Kier alpha value is -2.99. The second kappa shape index (κ2) is 9.23. The van der Waals surface area contributed by atoms with Gasteiger partial charge in [0.05, 0.1) is 11.5 Å². The Labute approximate surface area is 207 Å². The van der Waals surface area contributed by atoms with E-state index in [9.17, 15) is 22.8 Å². The van der Waals surface area contributed by atoms with Gasteiger partial charge in [-0.05, 0) is 47.0 Å². The largest absolute Gasteiger partial charge is 0.490 e. The number of nitrogens with one attached hydrogen (secondary N) is 2. The molecule has 2 aromatic heterocycles. The summed E-state index contributed by atoms with van der Waals surface area (Å²) in [5, 5.41) is 5.48. The fourth-order valence-electron chi connectivity index (χ4n) is 4.22. The molecule has 2 aliphatic rings. The molecule has 0 radical (unpaired) electrons. The Morgan fingerprint density at radius 1 is 1.31 bits per heavy atom. The first-order chi connectivity index (χ1) is 16.5. The van der Waals surface area contributed by atoms with Gasteiger partial charge in [0.15, 0.2) is 5.72 Å². The van der Waals surface area contributed by atoms with Gasteiger partial charge in [-0.3, -0.25) is 10.1 Å². The molecule has 186 valence electrons. The lowest BCUT2D eigenvalue weighted by Crippen LogP contribution is -2.46. The standard InChI is InChI=1S/C23H22BrF3N4O4/c1-3-5-14-6-4-7-17(28-14)34-12-21-10-15(19(32)30-18-13(2)8-9-16(24)29-18)31-22(21,11-21)35-20(33)23(25,26)27/h3-4,6-9,15,31H,1,5,10-12H2,2H3,(H,29,30,32)/t15-,21-,22+/m0/s1. The number of nitrogens with zero attached hydrogens (tertiary/aromatic N) is 2. The maximum atomic E-state index is 13.0. The SMILES string of the molecule is C=CCc1cccc(OC[C@@]23C[C@@H](C(=O)Nc4nc(Br)ccc4C)N[C@@]2(OC(=O)C(F)(F)F)C3)n1. The molecule has 1 saturated heterocycles. The number of halogens is 4. The molecular weight excluding hydrogens is 533 g/mol. The average Bonchev–Trinajstić information content (AvgIpc) is 3.27. The van der Waals surface area contributed by atoms with E-state index in [2.05, 4.69) is 43.1 Å². The van der Waals surface area contributed by atoms with Crippen LogP contribution in [0.2, 0.25) is 0 Å². The van der Waals surface area contributed by atoms with Crippen molar-refractivity contribution in [2.75, 3.05) is 11.9 Å². The third kappa shape index (κ3) is 5.18. The number of ether oxygens (including phenoxy) is 2. The number of pyridine rings is 2. The van der Waals surface area contributed by atoms with Crippen molar-refractivity contribution >= 4 is 33.6 Å². The van der Waals surface area contributed by atoms with E-state index in [-0.39, 0.29) is 25.3 Å². The van der Waals surface area contributed by atoms with E-state index < -0.39 is 35.2 Å². The van der Waals surface area contributed by atoms with E-state index in [1.165, 1.54) is 0 Å². The van der Waals surface area contributed by atoms with Crippen molar-refractivity contribution in [3.05, 3.63) is 58.8 Å². The number of hydrogen-bond acceptors (Lipinski definition) is 7. The number of carbonyl (C=O) groups excluding carboxylic acids is 2. The van der Waals surface area contributed by atoms with Gasteiger partial charge >= 0.3 is 12.1 Å². The molecule has 2 aromatic rings. The highest BCUT2D eigenvalue weighted by Crippen LogP contribution is 2.64. The molecule has 0 unspecified atom stereocenters. The molecule has 1 amide bonds. The lowest BCUT2D eigenvalue weighted by Gasteiger charge is -2.21. The molecule has 35 heavy (non-hydrogen) atoms. The van der Waals surface area contributed by atoms with Crippen LogP contribution in [0.4, 0.5) is 19.0 Å². The molecule has 0 spiro atoms. The molecule has 1 aliphatic carbocycles. The van der Waals surface area contributed by atoms with Crippen LogP contribution < -0.4 is 15.4 Å². The van der Waals surface area contributed by atoms with E-state index in [0.29, 0.717) is 28.1 Å². The van der Waals surface area contributed by atoms with E-state index in [1.54, 1.807) is 43.3 Å². The zero-order chi connectivity index (χ0) is 25.4. The number of carbonyl (C=O) groups is 2. The first-order valence-corrected chi connectivity index (χ1v) is 11.5. The highest BCUT2D eigenvalue weighted by Gasteiger charge is 2.78. The summed E-state index contributed by atoms with van der Waals surface area (Å²) in [6, 6.07) is 7.66. The van der Waals surface area contributed by atoms with Crippen LogP contribution in [0, 0.1) is 12.3 Å². The van der Waals surface area contributed by atoms with Gasteiger partial charge in [-0.2, -0.15) is 13.2 Å². The van der Waals surface area contributed by atoms with Crippen LogP contribution in [0.5, 0.6) is 5.88 Å². The molecule has 12 heteroatoms. The Morgan fingerprint density at radius 2 is 2.09 bits per heavy atom. The van der Waals surface area contributed by atoms with Gasteiger partial charge in [-0.15, -0.1) is 6.58 Å². The number of piperidine rings is 1. The summed E-state index contributed by atoms with van der Waals surface area (Å²) < 4.78 is 50.1. The van der Waals surface area contributed by atoms with E-state index >= 15 is 0 Å². The number of alkyl halides is 3. The van der Waals surface area contributed by atoms with Crippen molar-refractivity contribution in [1.82, 2.24) is 15.3 Å². The minimum Gasteiger partial charge on any atom is -0.477 e. The molecule has 3 atom stereocenters. The number of esters is 1. The van der Waals surface area contributed by atoms with Crippen LogP contribution >= 0.6 is 15.9 Å². The summed E-state index contributed by atoms with van der Waals surface area (Å²) in [6.07, 6.45) is -2.83. The predicted octanol–water partition coefficient (Wildman–Crippen LogP) is 3.85. The van der Waals surface area contributed by atoms with E-state index in [0.717, 1.165) is 0 Å². The third-order valence-electron chi connectivity index (χ3n) is 6.07. The topological polar surface area (TPSA) is 102 Å². The van der Waals surface area contributed by atoms with Crippen LogP contribution in [0.1, 0.15) is 24.1 Å². The highest BCUT2D eigenvalue weighted by molar-refractivity contribution is 9.10. The maximum Gasteiger partial charge on any atom is 0.490 e. The zero-order valence-electron chi connectivity index (χ0n) is 18.6. The van der Waals surface area contributed by atoms with Crippen LogP contribution in [0.25, 0.3) is 0 Å². The number of aryl methyl sites for hydroxylation is 1. The van der Waals surface area contributed by atoms with Gasteiger partial charge in [0.2, 0.25) is 11.8 Å². The molecule has 3 heterocycles. The Bertz CT molecular complexity index is 1180. The molecule has 0 bridgehead atoms. The molecule has 1 saturated carbocycles. The molecule has 4 rings (SSSR count). The summed E-state index contributed by atoms with van der Waals surface area (Å²) in [4.78, 5) is 33.2. The summed E-state index contributed by atoms with van der Waals surface area (Å²) >= 11 is 3.24. The van der Waals surface area contributed by atoms with Crippen LogP contribution in [-0.2, 0) is 20.7 Å². The third-order valence-corrected chi connectivity index (χ3v) is 6.51. The molecule has 2 N–H and O–H groups in total. The number of amides is 1. The smallest absolute Gasteiger partial charge is 0.477 e. The normalized spacial score (nSPS) is 24.9. The van der Waals surface area contributed by atoms with Gasteiger partial charge in [0, 0.05) is 24.6 Å². The predicted molar refractivity (Wildman–Crippen MR) is 122 cm³/mol. The first kappa shape index (κ1) is 25.1. The monoisotopic (exact) mass is 554 g/mol. The van der Waals surface area contributed by atoms with Gasteiger partial charge in [-0.25, -0.2) is 14.8 Å². The van der Waals surface area contributed by atoms with Gasteiger partial charge in [-0.1, -0.05) is 18.2 Å². The second-order valence-corrected chi connectivity index (χ2v) is 9.42. The quantitative estimate of drug-likeness (QED) is 0.290. The van der Waals surface area contributed by atoms with Crippen molar-refractivity contribution in [3.63, 3.8) is 0 Å². The summed E-state index contributed by atoms with van der Waals surface area (Å²) in [6.45, 7) is 5.31. The van der Waals surface area contributed by atoms with Crippen molar-refractivity contribution in [1.29, 1.82) is 0 Å². The fourth-order valence-corrected chi connectivity index (χ4v) is 4.53. The number of hydrogen-bond donors (Lipinski definition) is 2. The Morgan fingerprint density at radius 3 is 2.80 bits per heavy atom. The van der Waals surface area contributed by atoms with Crippen molar-refractivity contribution in [2.45, 2.75) is 44.1 Å². The molecule has 1 aliphatic heterocycles. The van der Waals surface area contributed by atoms with Gasteiger partial charge in [0.25, 0.3) is 0 Å². The van der Waals surface area contributed by atoms with Gasteiger partial charge in [0.1, 0.15) is 17.0 Å². The van der Waals surface area contributed by atoms with E-state index in [4.69, 9.17) is 9.47 Å². The van der Waals surface area contributed by atoms with Crippen LogP contribution in [0.15, 0.2) is 47.6 Å². The summed E-state index contributed by atoms with van der Waals surface area (Å²) in [5.74, 6) is -2.27. The zero-order valence-corrected chi connectivity index (χ0v) is 20.2. The van der Waals surface area contributed by atoms with Crippen LogP contribution in [-0.4, -0.2) is 46.4 Å². The second-order valence-electron chi connectivity index (χ2n) is 8.61. The fraction of sp³-hybridized carbons (Fsp3) is 0.391. The summed E-state index contributed by atoms with van der Waals surface area (Å²) in [7, 11) is 0. The minimum atomic E-state index is -5.18. The number of rotatable bonds is 8. The highest BCUT2D eigenvalue weighted by atomic mass is 79.9. The number of anilines is 1. The lowest BCUT2D eigenvalue weighted by atomic mass is 10.00. The van der Waals surface area contributed by atoms with Crippen molar-refractivity contribution in [3.8, 4) is 5.88 Å². The van der Waals surface area contributed by atoms with Gasteiger partial charge < -0.3 is 14.8 Å². The maximum absolute atomic E-state index is 13.0. The molecule has 0 aromatic carbocycles. The minimum absolute atomic E-state index is 0.0616. The number of fused-ring (bicyclic) bond motifs is 1. The molecule has 8 nitrogen and oxygen atoms in total. The van der Waals surface area contributed by atoms with E-state index in [1.807, 2.05) is 0 Å². The first-order valence-electron chi connectivity index (χ1n) is 10.7. The van der Waals surface area contributed by atoms with Crippen molar-refractivity contribution < 1.29 is 32.2 Å². The number of allylic oxidation sites excluding steroid dienone is 1. The Kier molecular flexibility index (Phi) is 6.62. The summed E-state index contributed by atoms with van der Waals surface area (Å²) in [5.41, 5.74) is -1.31. The Balaban J connectivity index is 1.52. The van der Waals surface area contributed by atoms with Crippen LogP contribution in [0.3, 0.4) is 0 Å². The number of aromatic nitrogens is 2. The molecule has 2 fully saturated rings. The average molecular weight is 555 g/mol. The lowest BCUT2D eigenvalue weighted by molar-refractivity contribution is -0.210. The molecular formula is C23H22BrF3N4O4.